The van der Waals surface area contributed by atoms with E-state index in [0.717, 1.165) is 19.4 Å². The Balaban J connectivity index is 2.13. The highest BCUT2D eigenvalue weighted by atomic mass is 16.3. The Labute approximate surface area is 113 Å². The summed E-state index contributed by atoms with van der Waals surface area (Å²) in [4.78, 5) is 16.7. The Morgan fingerprint density at radius 1 is 1.32 bits per heavy atom. The molecule has 2 rings (SSSR count). The predicted molar refractivity (Wildman–Crippen MR) is 73.7 cm³/mol. The maximum absolute atomic E-state index is 9.41. The van der Waals surface area contributed by atoms with Gasteiger partial charge < -0.3 is 15.7 Å². The van der Waals surface area contributed by atoms with Crippen LogP contribution in [0, 0.1) is 0 Å². The monoisotopic (exact) mass is 266 g/mol. The van der Waals surface area contributed by atoms with Crippen LogP contribution >= 0.6 is 0 Å². The zero-order valence-corrected chi connectivity index (χ0v) is 11.6. The molecule has 0 aliphatic carbocycles. The standard InChI is InChI=1S/C12H22N6O/c1-17(2)12-15-10(14-11(13)16-12)7-18-6-4-3-5-9(18)8-19/h9,19H,3-8H2,1-2H3,(H2,13,14,15,16). The number of hydrogen-bond acceptors (Lipinski definition) is 7. The number of rotatable bonds is 4. The minimum absolute atomic E-state index is 0.182. The van der Waals surface area contributed by atoms with Crippen LogP contribution in [0.5, 0.6) is 0 Å². The van der Waals surface area contributed by atoms with Crippen LogP contribution in [0.25, 0.3) is 0 Å². The van der Waals surface area contributed by atoms with Crippen LogP contribution in [0.4, 0.5) is 11.9 Å². The van der Waals surface area contributed by atoms with Crippen LogP contribution in [0.15, 0.2) is 0 Å². The molecular weight excluding hydrogens is 244 g/mol. The van der Waals surface area contributed by atoms with Crippen molar-refractivity contribution < 1.29 is 5.11 Å². The zero-order chi connectivity index (χ0) is 13.8. The van der Waals surface area contributed by atoms with Gasteiger partial charge in [-0.2, -0.15) is 15.0 Å². The Bertz CT molecular complexity index is 425. The van der Waals surface area contributed by atoms with Gasteiger partial charge in [0.15, 0.2) is 0 Å². The van der Waals surface area contributed by atoms with E-state index in [1.807, 2.05) is 14.1 Å². The largest absolute Gasteiger partial charge is 0.395 e. The van der Waals surface area contributed by atoms with Crippen molar-refractivity contribution >= 4 is 11.9 Å². The fourth-order valence-corrected chi connectivity index (χ4v) is 2.35. The van der Waals surface area contributed by atoms with Crippen LogP contribution < -0.4 is 10.6 Å². The van der Waals surface area contributed by atoms with Gasteiger partial charge in [0.05, 0.1) is 13.2 Å². The second-order valence-corrected chi connectivity index (χ2v) is 5.11. The van der Waals surface area contributed by atoms with Crippen LogP contribution in [0.1, 0.15) is 25.1 Å². The average molecular weight is 266 g/mol. The van der Waals surface area contributed by atoms with Crippen molar-refractivity contribution in [2.24, 2.45) is 0 Å². The maximum atomic E-state index is 9.41. The maximum Gasteiger partial charge on any atom is 0.229 e. The first-order valence-corrected chi connectivity index (χ1v) is 6.63. The number of likely N-dealkylation sites (tertiary alicyclic amines) is 1. The molecule has 7 heteroatoms. The molecule has 0 amide bonds. The molecule has 1 aromatic heterocycles. The van der Waals surface area contributed by atoms with E-state index < -0.39 is 0 Å². The zero-order valence-electron chi connectivity index (χ0n) is 11.6. The van der Waals surface area contributed by atoms with Gasteiger partial charge in [0.25, 0.3) is 0 Å². The number of hydrogen-bond donors (Lipinski definition) is 2. The van der Waals surface area contributed by atoms with Gasteiger partial charge in [-0.25, -0.2) is 0 Å². The Morgan fingerprint density at radius 3 is 2.79 bits per heavy atom. The van der Waals surface area contributed by atoms with E-state index in [1.165, 1.54) is 6.42 Å². The number of nitrogen functional groups attached to an aromatic ring is 1. The third kappa shape index (κ3) is 3.51. The first-order chi connectivity index (χ1) is 9.10. The van der Waals surface area contributed by atoms with E-state index in [0.29, 0.717) is 18.3 Å². The van der Waals surface area contributed by atoms with Crippen molar-refractivity contribution in [2.75, 3.05) is 37.9 Å². The molecule has 2 heterocycles. The third-order valence-corrected chi connectivity index (χ3v) is 3.39. The number of anilines is 2. The fourth-order valence-electron chi connectivity index (χ4n) is 2.35. The van der Waals surface area contributed by atoms with Crippen molar-refractivity contribution in [3.05, 3.63) is 5.82 Å². The summed E-state index contributed by atoms with van der Waals surface area (Å²) >= 11 is 0. The molecule has 0 saturated carbocycles. The quantitative estimate of drug-likeness (QED) is 0.784. The molecule has 0 radical (unpaired) electrons. The summed E-state index contributed by atoms with van der Waals surface area (Å²) in [5.74, 6) is 1.47. The second-order valence-electron chi connectivity index (χ2n) is 5.11. The molecule has 19 heavy (non-hydrogen) atoms. The summed E-state index contributed by atoms with van der Waals surface area (Å²) in [7, 11) is 3.74. The lowest BCUT2D eigenvalue weighted by Gasteiger charge is -2.33. The molecule has 1 fully saturated rings. The molecule has 0 spiro atoms. The first-order valence-electron chi connectivity index (χ1n) is 6.63. The molecule has 1 atom stereocenters. The van der Waals surface area contributed by atoms with Crippen LogP contribution in [-0.4, -0.2) is 58.2 Å². The minimum atomic E-state index is 0.182. The lowest BCUT2D eigenvalue weighted by atomic mass is 10.0. The molecule has 1 saturated heterocycles. The average Bonchev–Trinajstić information content (AvgIpc) is 2.38. The van der Waals surface area contributed by atoms with Crippen molar-refractivity contribution in [3.63, 3.8) is 0 Å². The molecule has 1 aromatic rings. The number of piperidine rings is 1. The van der Waals surface area contributed by atoms with E-state index in [4.69, 9.17) is 5.73 Å². The van der Waals surface area contributed by atoms with Crippen molar-refractivity contribution in [2.45, 2.75) is 31.8 Å². The molecular formula is C12H22N6O. The van der Waals surface area contributed by atoms with Gasteiger partial charge in [0.2, 0.25) is 11.9 Å². The first kappa shape index (κ1) is 14.0. The summed E-state index contributed by atoms with van der Waals surface area (Å²) in [6.07, 6.45) is 3.35. The fraction of sp³-hybridized carbons (Fsp3) is 0.750. The second kappa shape index (κ2) is 6.12. The van der Waals surface area contributed by atoms with Crippen LogP contribution in [0.3, 0.4) is 0 Å². The third-order valence-electron chi connectivity index (χ3n) is 3.39. The molecule has 1 unspecified atom stereocenters. The lowest BCUT2D eigenvalue weighted by molar-refractivity contribution is 0.0819. The number of aliphatic hydroxyl groups is 1. The number of nitrogens with zero attached hydrogens (tertiary/aromatic N) is 5. The Morgan fingerprint density at radius 2 is 2.11 bits per heavy atom. The Kier molecular flexibility index (Phi) is 4.49. The summed E-state index contributed by atoms with van der Waals surface area (Å²) < 4.78 is 0. The molecule has 1 aliphatic heterocycles. The van der Waals surface area contributed by atoms with E-state index in [9.17, 15) is 5.11 Å². The van der Waals surface area contributed by atoms with Gasteiger partial charge in [-0.15, -0.1) is 0 Å². The van der Waals surface area contributed by atoms with Gasteiger partial charge in [0.1, 0.15) is 5.82 Å². The topological polar surface area (TPSA) is 91.4 Å². The van der Waals surface area contributed by atoms with Crippen LogP contribution in [0.2, 0.25) is 0 Å². The Hall–Kier alpha value is -1.47. The summed E-state index contributed by atoms with van der Waals surface area (Å²) in [5.41, 5.74) is 5.71. The van der Waals surface area contributed by atoms with Crippen molar-refractivity contribution in [1.82, 2.24) is 19.9 Å². The van der Waals surface area contributed by atoms with E-state index >= 15 is 0 Å². The highest BCUT2D eigenvalue weighted by molar-refractivity contribution is 5.32. The summed E-state index contributed by atoms with van der Waals surface area (Å²) in [5, 5.41) is 9.41. The predicted octanol–water partition coefficient (Wildman–Crippen LogP) is -0.133. The van der Waals surface area contributed by atoms with Gasteiger partial charge in [0, 0.05) is 20.1 Å². The molecule has 106 valence electrons. The lowest BCUT2D eigenvalue weighted by Crippen LogP contribution is -2.41. The number of aliphatic hydroxyl groups excluding tert-OH is 1. The van der Waals surface area contributed by atoms with Gasteiger partial charge >= 0.3 is 0 Å². The summed E-state index contributed by atoms with van der Waals surface area (Å²) in [6, 6.07) is 0.203. The van der Waals surface area contributed by atoms with Crippen molar-refractivity contribution in [1.29, 1.82) is 0 Å². The molecule has 1 aliphatic rings. The molecule has 0 bridgehead atoms. The highest BCUT2D eigenvalue weighted by Gasteiger charge is 2.22. The summed E-state index contributed by atoms with van der Waals surface area (Å²) in [6.45, 7) is 1.76. The molecule has 0 aromatic carbocycles. The minimum Gasteiger partial charge on any atom is -0.395 e. The van der Waals surface area contributed by atoms with Crippen molar-refractivity contribution in [3.8, 4) is 0 Å². The molecule has 3 N–H and O–H groups in total. The van der Waals surface area contributed by atoms with Gasteiger partial charge in [-0.05, 0) is 19.4 Å². The highest BCUT2D eigenvalue weighted by Crippen LogP contribution is 2.18. The van der Waals surface area contributed by atoms with E-state index in [2.05, 4.69) is 19.9 Å². The number of nitrogens with two attached hydrogens (primary N) is 1. The van der Waals surface area contributed by atoms with E-state index in [-0.39, 0.29) is 18.6 Å². The van der Waals surface area contributed by atoms with Gasteiger partial charge in [-0.3, -0.25) is 4.90 Å². The normalized spacial score (nSPS) is 20.5. The smallest absolute Gasteiger partial charge is 0.229 e. The van der Waals surface area contributed by atoms with E-state index in [1.54, 1.807) is 4.90 Å². The molecule has 7 nitrogen and oxygen atoms in total. The SMILES string of the molecule is CN(C)c1nc(N)nc(CN2CCCCC2CO)n1. The van der Waals surface area contributed by atoms with Gasteiger partial charge in [-0.1, -0.05) is 6.42 Å². The van der Waals surface area contributed by atoms with Crippen LogP contribution in [-0.2, 0) is 6.54 Å². The number of aromatic nitrogens is 3.